The molecule has 0 amide bonds. The number of hydrogen-bond donors (Lipinski definition) is 2. The van der Waals surface area contributed by atoms with Gasteiger partial charge in [-0.05, 0) is 43.5 Å². The zero-order chi connectivity index (χ0) is 10.8. The van der Waals surface area contributed by atoms with Gasteiger partial charge in [0, 0.05) is 24.5 Å². The zero-order valence-electron chi connectivity index (χ0n) is 9.11. The second-order valence-electron chi connectivity index (χ2n) is 4.29. The Balaban J connectivity index is 2.21. The minimum atomic E-state index is -0.185. The lowest BCUT2D eigenvalue weighted by Gasteiger charge is -2.33. The highest BCUT2D eigenvalue weighted by Gasteiger charge is 2.18. The van der Waals surface area contributed by atoms with E-state index in [-0.39, 0.29) is 6.10 Å². The summed E-state index contributed by atoms with van der Waals surface area (Å²) in [5.41, 5.74) is 8.90. The summed E-state index contributed by atoms with van der Waals surface area (Å²) >= 11 is 0. The molecule has 0 bridgehead atoms. The van der Waals surface area contributed by atoms with E-state index in [4.69, 9.17) is 5.73 Å². The first kappa shape index (κ1) is 10.3. The highest BCUT2D eigenvalue weighted by molar-refractivity contribution is 5.59. The van der Waals surface area contributed by atoms with Crippen LogP contribution in [-0.4, -0.2) is 24.3 Å². The van der Waals surface area contributed by atoms with Crippen LogP contribution in [0.2, 0.25) is 0 Å². The predicted molar refractivity (Wildman–Crippen MR) is 63.0 cm³/mol. The molecule has 1 saturated heterocycles. The molecule has 2 rings (SSSR count). The average molecular weight is 206 g/mol. The molecule has 1 aromatic carbocycles. The van der Waals surface area contributed by atoms with Gasteiger partial charge in [0.25, 0.3) is 0 Å². The van der Waals surface area contributed by atoms with Crippen LogP contribution in [0.25, 0.3) is 0 Å². The van der Waals surface area contributed by atoms with Crippen molar-refractivity contribution in [1.82, 2.24) is 0 Å². The Morgan fingerprint density at radius 3 is 2.93 bits per heavy atom. The van der Waals surface area contributed by atoms with Crippen LogP contribution in [0, 0.1) is 6.92 Å². The van der Waals surface area contributed by atoms with E-state index in [1.807, 2.05) is 18.2 Å². The summed E-state index contributed by atoms with van der Waals surface area (Å²) < 4.78 is 0. The Hall–Kier alpha value is -1.22. The largest absolute Gasteiger partial charge is 0.399 e. The second-order valence-corrected chi connectivity index (χ2v) is 4.29. The molecule has 3 N–H and O–H groups in total. The lowest BCUT2D eigenvalue weighted by atomic mass is 10.1. The van der Waals surface area contributed by atoms with Crippen molar-refractivity contribution >= 4 is 11.4 Å². The molecule has 3 nitrogen and oxygen atoms in total. The fraction of sp³-hybridized carbons (Fsp3) is 0.500. The van der Waals surface area contributed by atoms with Crippen molar-refractivity contribution in [3.8, 4) is 0 Å². The van der Waals surface area contributed by atoms with Crippen LogP contribution in [0.1, 0.15) is 18.4 Å². The molecule has 1 aliphatic rings. The van der Waals surface area contributed by atoms with Gasteiger partial charge in [0.15, 0.2) is 0 Å². The summed E-state index contributed by atoms with van der Waals surface area (Å²) in [5, 5.41) is 9.62. The number of aliphatic hydroxyl groups is 1. The number of anilines is 2. The monoisotopic (exact) mass is 206 g/mol. The van der Waals surface area contributed by atoms with Crippen LogP contribution in [0.3, 0.4) is 0 Å². The molecule has 3 heteroatoms. The van der Waals surface area contributed by atoms with Crippen molar-refractivity contribution in [2.75, 3.05) is 23.7 Å². The molecule has 1 atom stereocenters. The molecule has 0 aliphatic carbocycles. The van der Waals surface area contributed by atoms with Gasteiger partial charge in [-0.2, -0.15) is 0 Å². The van der Waals surface area contributed by atoms with Crippen molar-refractivity contribution in [2.45, 2.75) is 25.9 Å². The number of nitrogen functional groups attached to an aromatic ring is 1. The number of aliphatic hydroxyl groups excluding tert-OH is 1. The smallest absolute Gasteiger partial charge is 0.0715 e. The highest BCUT2D eigenvalue weighted by Crippen LogP contribution is 2.25. The summed E-state index contributed by atoms with van der Waals surface area (Å²) in [6.07, 6.45) is 1.80. The molecule has 82 valence electrons. The second kappa shape index (κ2) is 4.11. The van der Waals surface area contributed by atoms with E-state index in [2.05, 4.69) is 11.8 Å². The van der Waals surface area contributed by atoms with Crippen LogP contribution in [0.5, 0.6) is 0 Å². The van der Waals surface area contributed by atoms with Gasteiger partial charge in [-0.15, -0.1) is 0 Å². The predicted octanol–water partition coefficient (Wildman–Crippen LogP) is 1.54. The number of nitrogens with zero attached hydrogens (tertiary/aromatic N) is 1. The Labute approximate surface area is 90.5 Å². The summed E-state index contributed by atoms with van der Waals surface area (Å²) in [4.78, 5) is 2.24. The van der Waals surface area contributed by atoms with E-state index in [0.29, 0.717) is 0 Å². The molecule has 0 aromatic heterocycles. The van der Waals surface area contributed by atoms with Crippen molar-refractivity contribution in [1.29, 1.82) is 0 Å². The van der Waals surface area contributed by atoms with Crippen LogP contribution in [0.15, 0.2) is 18.2 Å². The standard InChI is InChI=1S/C12H18N2O/c1-9-7-10(13)4-5-12(9)14-6-2-3-11(15)8-14/h4-5,7,11,15H,2-3,6,8,13H2,1H3. The topological polar surface area (TPSA) is 49.5 Å². The molecule has 1 aromatic rings. The van der Waals surface area contributed by atoms with Gasteiger partial charge >= 0.3 is 0 Å². The van der Waals surface area contributed by atoms with E-state index >= 15 is 0 Å². The maximum Gasteiger partial charge on any atom is 0.0715 e. The van der Waals surface area contributed by atoms with E-state index < -0.39 is 0 Å². The number of rotatable bonds is 1. The molecule has 1 fully saturated rings. The number of aryl methyl sites for hydroxylation is 1. The van der Waals surface area contributed by atoms with Crippen LogP contribution in [0.4, 0.5) is 11.4 Å². The lowest BCUT2D eigenvalue weighted by Crippen LogP contribution is -2.38. The van der Waals surface area contributed by atoms with Gasteiger partial charge in [-0.3, -0.25) is 0 Å². The van der Waals surface area contributed by atoms with Gasteiger partial charge in [-0.25, -0.2) is 0 Å². The fourth-order valence-corrected chi connectivity index (χ4v) is 2.21. The SMILES string of the molecule is Cc1cc(N)ccc1N1CCCC(O)C1. The van der Waals surface area contributed by atoms with E-state index in [1.54, 1.807) is 0 Å². The lowest BCUT2D eigenvalue weighted by molar-refractivity contribution is 0.154. The number of piperidine rings is 1. The molecular formula is C12H18N2O. The van der Waals surface area contributed by atoms with Crippen LogP contribution >= 0.6 is 0 Å². The maximum absolute atomic E-state index is 9.62. The van der Waals surface area contributed by atoms with Gasteiger partial charge in [-0.1, -0.05) is 0 Å². The van der Waals surface area contributed by atoms with Gasteiger partial charge in [0.1, 0.15) is 0 Å². The molecule has 1 heterocycles. The first-order chi connectivity index (χ1) is 7.16. The third kappa shape index (κ3) is 2.23. The molecule has 0 saturated carbocycles. The normalized spacial score (nSPS) is 21.7. The minimum Gasteiger partial charge on any atom is -0.399 e. The minimum absolute atomic E-state index is 0.185. The molecule has 0 spiro atoms. The van der Waals surface area contributed by atoms with E-state index in [0.717, 1.165) is 31.6 Å². The zero-order valence-corrected chi connectivity index (χ0v) is 9.11. The van der Waals surface area contributed by atoms with Crippen molar-refractivity contribution < 1.29 is 5.11 Å². The molecule has 1 unspecified atom stereocenters. The van der Waals surface area contributed by atoms with Crippen LogP contribution < -0.4 is 10.6 Å². The van der Waals surface area contributed by atoms with Crippen LogP contribution in [-0.2, 0) is 0 Å². The summed E-state index contributed by atoms with van der Waals surface area (Å²) in [6.45, 7) is 3.83. The first-order valence-electron chi connectivity index (χ1n) is 5.46. The first-order valence-corrected chi connectivity index (χ1v) is 5.46. The summed E-state index contributed by atoms with van der Waals surface area (Å²) in [6, 6.07) is 5.95. The Morgan fingerprint density at radius 2 is 2.27 bits per heavy atom. The van der Waals surface area contributed by atoms with Crippen molar-refractivity contribution in [2.24, 2.45) is 0 Å². The highest BCUT2D eigenvalue weighted by atomic mass is 16.3. The number of benzene rings is 1. The number of nitrogens with two attached hydrogens (primary N) is 1. The van der Waals surface area contributed by atoms with Crippen molar-refractivity contribution in [3.05, 3.63) is 23.8 Å². The summed E-state index contributed by atoms with van der Waals surface area (Å²) in [5.74, 6) is 0. The van der Waals surface area contributed by atoms with Gasteiger partial charge in [0.2, 0.25) is 0 Å². The third-order valence-corrected chi connectivity index (χ3v) is 2.96. The Bertz CT molecular complexity index is 351. The molecular weight excluding hydrogens is 188 g/mol. The maximum atomic E-state index is 9.62. The number of β-amino-alcohol motifs (C(OH)–C–C–N with tert-alkyl or cyclic N) is 1. The average Bonchev–Trinajstić information content (AvgIpc) is 2.17. The quantitative estimate of drug-likeness (QED) is 0.685. The third-order valence-electron chi connectivity index (χ3n) is 2.96. The molecule has 1 aliphatic heterocycles. The van der Waals surface area contributed by atoms with E-state index in [1.165, 1.54) is 11.3 Å². The number of hydrogen-bond acceptors (Lipinski definition) is 3. The van der Waals surface area contributed by atoms with Gasteiger partial charge in [0.05, 0.1) is 6.10 Å². The summed E-state index contributed by atoms with van der Waals surface area (Å²) in [7, 11) is 0. The van der Waals surface area contributed by atoms with Gasteiger partial charge < -0.3 is 15.7 Å². The van der Waals surface area contributed by atoms with Crippen molar-refractivity contribution in [3.63, 3.8) is 0 Å². The molecule has 0 radical (unpaired) electrons. The molecule has 15 heavy (non-hydrogen) atoms. The van der Waals surface area contributed by atoms with E-state index in [9.17, 15) is 5.11 Å². The Morgan fingerprint density at radius 1 is 1.47 bits per heavy atom. The fourth-order valence-electron chi connectivity index (χ4n) is 2.21. The Kier molecular flexibility index (Phi) is 2.82.